The fourth-order valence-electron chi connectivity index (χ4n) is 2.59. The molecular formula is C17H21ClIN3OS. The van der Waals surface area contributed by atoms with E-state index < -0.39 is 0 Å². The Morgan fingerprint density at radius 2 is 2.12 bits per heavy atom. The summed E-state index contributed by atoms with van der Waals surface area (Å²) >= 11 is 7.56. The van der Waals surface area contributed by atoms with E-state index in [4.69, 9.17) is 16.3 Å². The van der Waals surface area contributed by atoms with Crippen LogP contribution in [0, 0.1) is 0 Å². The van der Waals surface area contributed by atoms with Crippen molar-refractivity contribution in [2.45, 2.75) is 18.9 Å². The van der Waals surface area contributed by atoms with Crippen LogP contribution in [-0.2, 0) is 12.8 Å². The molecule has 1 aliphatic rings. The molecule has 0 saturated heterocycles. The number of halogens is 2. The molecule has 4 nitrogen and oxygen atoms in total. The molecule has 2 N–H and O–H groups in total. The van der Waals surface area contributed by atoms with E-state index in [-0.39, 0.29) is 30.1 Å². The molecule has 1 aliphatic heterocycles. The molecule has 0 fully saturated rings. The van der Waals surface area contributed by atoms with Crippen LogP contribution in [0.4, 0.5) is 0 Å². The monoisotopic (exact) mass is 477 g/mol. The first kappa shape index (κ1) is 19.3. The van der Waals surface area contributed by atoms with Crippen molar-refractivity contribution in [1.29, 1.82) is 0 Å². The first-order valence-corrected chi connectivity index (χ1v) is 8.87. The number of nitrogens with zero attached hydrogens (tertiary/aromatic N) is 1. The number of thiophene rings is 1. The molecule has 1 aromatic carbocycles. The van der Waals surface area contributed by atoms with Gasteiger partial charge in [0.05, 0.1) is 10.9 Å². The van der Waals surface area contributed by atoms with Gasteiger partial charge in [-0.25, -0.2) is 0 Å². The van der Waals surface area contributed by atoms with Crippen LogP contribution in [0.2, 0.25) is 4.34 Å². The first-order valence-electron chi connectivity index (χ1n) is 7.68. The second-order valence-electron chi connectivity index (χ2n) is 5.39. The molecular weight excluding hydrogens is 457 g/mol. The van der Waals surface area contributed by atoms with E-state index in [9.17, 15) is 0 Å². The highest BCUT2D eigenvalue weighted by Crippen LogP contribution is 2.27. The number of hydrogen-bond donors (Lipinski definition) is 2. The minimum absolute atomic E-state index is 0. The summed E-state index contributed by atoms with van der Waals surface area (Å²) in [7, 11) is 1.78. The molecule has 1 unspecified atom stereocenters. The van der Waals surface area contributed by atoms with Crippen molar-refractivity contribution >= 4 is 52.9 Å². The number of nitrogens with one attached hydrogen (secondary N) is 2. The number of guanidine groups is 1. The van der Waals surface area contributed by atoms with Gasteiger partial charge in [-0.1, -0.05) is 29.8 Å². The minimum atomic E-state index is 0. The Kier molecular flexibility index (Phi) is 7.64. The Morgan fingerprint density at radius 3 is 2.83 bits per heavy atom. The lowest BCUT2D eigenvalue weighted by atomic mass is 10.1. The lowest BCUT2D eigenvalue weighted by Crippen LogP contribution is -2.42. The van der Waals surface area contributed by atoms with E-state index in [2.05, 4.69) is 33.8 Å². The largest absolute Gasteiger partial charge is 0.488 e. The van der Waals surface area contributed by atoms with Gasteiger partial charge in [0.1, 0.15) is 11.9 Å². The SMILES string of the molecule is CN=C(NCCc1ccc(Cl)s1)NCC1Cc2ccccc2O1.I. The molecule has 0 spiro atoms. The van der Waals surface area contributed by atoms with Gasteiger partial charge < -0.3 is 15.4 Å². The number of fused-ring (bicyclic) bond motifs is 1. The summed E-state index contributed by atoms with van der Waals surface area (Å²) in [5.41, 5.74) is 1.27. The number of benzene rings is 1. The number of hydrogen-bond acceptors (Lipinski definition) is 3. The van der Waals surface area contributed by atoms with Gasteiger partial charge >= 0.3 is 0 Å². The standard InChI is InChI=1S/C17H20ClN3OS.HI/c1-19-17(20-9-8-14-6-7-16(18)23-14)21-11-13-10-12-4-2-3-5-15(12)22-13;/h2-7,13H,8-11H2,1H3,(H2,19,20,21);1H. The molecule has 1 aromatic heterocycles. The summed E-state index contributed by atoms with van der Waals surface area (Å²) in [5.74, 6) is 1.80. The van der Waals surface area contributed by atoms with Gasteiger partial charge in [0.2, 0.25) is 0 Å². The smallest absolute Gasteiger partial charge is 0.191 e. The highest BCUT2D eigenvalue weighted by molar-refractivity contribution is 14.0. The summed E-state index contributed by atoms with van der Waals surface area (Å²) in [6, 6.07) is 12.2. The maximum atomic E-state index is 5.94. The molecule has 2 aromatic rings. The van der Waals surface area contributed by atoms with Gasteiger partial charge in [-0.15, -0.1) is 35.3 Å². The second-order valence-corrected chi connectivity index (χ2v) is 7.19. The van der Waals surface area contributed by atoms with Crippen LogP contribution < -0.4 is 15.4 Å². The zero-order valence-corrected chi connectivity index (χ0v) is 17.3. The Hall–Kier alpha value is -0.990. The van der Waals surface area contributed by atoms with Crippen molar-refractivity contribution < 1.29 is 4.74 Å². The third-order valence-electron chi connectivity index (χ3n) is 3.73. The predicted octanol–water partition coefficient (Wildman–Crippen LogP) is 3.73. The fourth-order valence-corrected chi connectivity index (χ4v) is 3.68. The van der Waals surface area contributed by atoms with Crippen molar-refractivity contribution in [3.8, 4) is 5.75 Å². The minimum Gasteiger partial charge on any atom is -0.488 e. The lowest BCUT2D eigenvalue weighted by Gasteiger charge is -2.15. The summed E-state index contributed by atoms with van der Waals surface area (Å²) in [6.07, 6.45) is 2.03. The zero-order chi connectivity index (χ0) is 16.1. The lowest BCUT2D eigenvalue weighted by molar-refractivity contribution is 0.235. The van der Waals surface area contributed by atoms with Crippen LogP contribution in [-0.4, -0.2) is 32.2 Å². The normalized spacial score (nSPS) is 16.1. The Balaban J connectivity index is 0.00000208. The van der Waals surface area contributed by atoms with E-state index in [1.807, 2.05) is 18.2 Å². The Labute approximate surface area is 168 Å². The van der Waals surface area contributed by atoms with Gasteiger partial charge in [-0.3, -0.25) is 4.99 Å². The van der Waals surface area contributed by atoms with E-state index in [0.29, 0.717) is 0 Å². The molecule has 0 radical (unpaired) electrons. The summed E-state index contributed by atoms with van der Waals surface area (Å²) in [6.45, 7) is 1.56. The van der Waals surface area contributed by atoms with Crippen LogP contribution in [0.5, 0.6) is 5.75 Å². The Morgan fingerprint density at radius 1 is 1.29 bits per heavy atom. The van der Waals surface area contributed by atoms with Crippen molar-refractivity contribution in [3.05, 3.63) is 51.2 Å². The zero-order valence-electron chi connectivity index (χ0n) is 13.4. The maximum absolute atomic E-state index is 5.94. The maximum Gasteiger partial charge on any atom is 0.191 e. The molecule has 130 valence electrons. The first-order chi connectivity index (χ1) is 11.2. The second kappa shape index (κ2) is 9.48. The highest BCUT2D eigenvalue weighted by atomic mass is 127. The third kappa shape index (κ3) is 5.26. The average Bonchev–Trinajstić information content (AvgIpc) is 3.16. The quantitative estimate of drug-likeness (QED) is 0.392. The topological polar surface area (TPSA) is 45.7 Å². The number of aliphatic imine (C=N–C) groups is 1. The number of ether oxygens (including phenoxy) is 1. The summed E-state index contributed by atoms with van der Waals surface area (Å²) in [5, 5.41) is 6.65. The van der Waals surface area contributed by atoms with Crippen LogP contribution in [0.25, 0.3) is 0 Å². The highest BCUT2D eigenvalue weighted by Gasteiger charge is 2.22. The van der Waals surface area contributed by atoms with Crippen molar-refractivity contribution in [2.75, 3.05) is 20.1 Å². The molecule has 2 heterocycles. The van der Waals surface area contributed by atoms with Crippen LogP contribution in [0.3, 0.4) is 0 Å². The van der Waals surface area contributed by atoms with Gasteiger partial charge in [0.15, 0.2) is 5.96 Å². The van der Waals surface area contributed by atoms with Crippen molar-refractivity contribution in [3.63, 3.8) is 0 Å². The van der Waals surface area contributed by atoms with E-state index in [1.165, 1.54) is 10.4 Å². The number of para-hydroxylation sites is 1. The van der Waals surface area contributed by atoms with E-state index >= 15 is 0 Å². The molecule has 0 bridgehead atoms. The van der Waals surface area contributed by atoms with Gasteiger partial charge in [0, 0.05) is 24.9 Å². The molecule has 24 heavy (non-hydrogen) atoms. The third-order valence-corrected chi connectivity index (χ3v) is 5.02. The van der Waals surface area contributed by atoms with Gasteiger partial charge in [-0.05, 0) is 30.2 Å². The molecule has 7 heteroatoms. The van der Waals surface area contributed by atoms with Crippen molar-refractivity contribution in [1.82, 2.24) is 10.6 Å². The molecule has 0 aliphatic carbocycles. The van der Waals surface area contributed by atoms with E-state index in [1.54, 1.807) is 18.4 Å². The van der Waals surface area contributed by atoms with Crippen LogP contribution in [0.1, 0.15) is 10.4 Å². The molecule has 1 atom stereocenters. The predicted molar refractivity (Wildman–Crippen MR) is 112 cm³/mol. The molecule has 0 amide bonds. The molecule has 3 rings (SSSR count). The van der Waals surface area contributed by atoms with Gasteiger partial charge in [-0.2, -0.15) is 0 Å². The van der Waals surface area contributed by atoms with Crippen LogP contribution in [0.15, 0.2) is 41.4 Å². The molecule has 0 saturated carbocycles. The van der Waals surface area contributed by atoms with Gasteiger partial charge in [0.25, 0.3) is 0 Å². The fraction of sp³-hybridized carbons (Fsp3) is 0.353. The Bertz CT molecular complexity index is 667. The number of rotatable bonds is 5. The average molecular weight is 478 g/mol. The van der Waals surface area contributed by atoms with Crippen molar-refractivity contribution in [2.24, 2.45) is 4.99 Å². The van der Waals surface area contributed by atoms with Crippen LogP contribution >= 0.6 is 46.9 Å². The van der Waals surface area contributed by atoms with E-state index in [0.717, 1.165) is 42.0 Å². The summed E-state index contributed by atoms with van der Waals surface area (Å²) in [4.78, 5) is 5.52. The summed E-state index contributed by atoms with van der Waals surface area (Å²) < 4.78 is 6.75.